The van der Waals surface area contributed by atoms with Gasteiger partial charge in [0.15, 0.2) is 5.82 Å². The van der Waals surface area contributed by atoms with Gasteiger partial charge in [-0.3, -0.25) is 0 Å². The second kappa shape index (κ2) is 4.54. The monoisotopic (exact) mass is 295 g/mol. The molecule has 2 N–H and O–H groups in total. The third kappa shape index (κ3) is 2.70. The van der Waals surface area contributed by atoms with Gasteiger partial charge in [0.2, 0.25) is 0 Å². The minimum atomic E-state index is -0.525. The van der Waals surface area contributed by atoms with Crippen LogP contribution in [-0.2, 0) is 19.0 Å². The van der Waals surface area contributed by atoms with Gasteiger partial charge in [-0.2, -0.15) is 4.80 Å². The number of nitrogens with two attached hydrogens (primary N) is 1. The van der Waals surface area contributed by atoms with Crippen LogP contribution in [0.1, 0.15) is 18.3 Å². The molecule has 5 nitrogen and oxygen atoms in total. The standard InChI is InChI=1S/C11H14BrN5/c1-11(13,7-10-14-16-17(2)15-10)8-5-3-4-6-9(8)12/h3-6H,7,13H2,1-2H3. The summed E-state index contributed by atoms with van der Waals surface area (Å²) in [4.78, 5) is 1.44. The minimum Gasteiger partial charge on any atom is -0.321 e. The summed E-state index contributed by atoms with van der Waals surface area (Å²) in [6, 6.07) is 7.91. The van der Waals surface area contributed by atoms with Crippen molar-refractivity contribution in [1.29, 1.82) is 0 Å². The number of benzene rings is 1. The number of halogens is 1. The number of rotatable bonds is 3. The van der Waals surface area contributed by atoms with Gasteiger partial charge in [-0.25, -0.2) is 0 Å². The van der Waals surface area contributed by atoms with Gasteiger partial charge in [0, 0.05) is 16.4 Å². The average Bonchev–Trinajstić information content (AvgIpc) is 2.63. The molecule has 0 radical (unpaired) electrons. The van der Waals surface area contributed by atoms with E-state index in [0.29, 0.717) is 12.2 Å². The van der Waals surface area contributed by atoms with Crippen LogP contribution in [0.3, 0.4) is 0 Å². The van der Waals surface area contributed by atoms with Crippen LogP contribution in [0.15, 0.2) is 28.7 Å². The molecule has 0 aliphatic carbocycles. The van der Waals surface area contributed by atoms with Crippen LogP contribution in [0.2, 0.25) is 0 Å². The number of aryl methyl sites for hydroxylation is 1. The zero-order valence-corrected chi connectivity index (χ0v) is 11.3. The zero-order valence-electron chi connectivity index (χ0n) is 9.76. The van der Waals surface area contributed by atoms with E-state index in [1.54, 1.807) is 7.05 Å². The van der Waals surface area contributed by atoms with E-state index < -0.39 is 5.54 Å². The molecule has 0 saturated heterocycles. The average molecular weight is 296 g/mol. The molecule has 1 aromatic carbocycles. The number of nitrogens with zero attached hydrogens (tertiary/aromatic N) is 4. The van der Waals surface area contributed by atoms with Crippen molar-refractivity contribution in [3.8, 4) is 0 Å². The van der Waals surface area contributed by atoms with E-state index in [-0.39, 0.29) is 0 Å². The van der Waals surface area contributed by atoms with E-state index >= 15 is 0 Å². The molecule has 1 atom stereocenters. The van der Waals surface area contributed by atoms with E-state index in [9.17, 15) is 0 Å². The topological polar surface area (TPSA) is 69.6 Å². The molecule has 1 heterocycles. The fourth-order valence-corrected chi connectivity index (χ4v) is 2.48. The largest absolute Gasteiger partial charge is 0.321 e. The van der Waals surface area contributed by atoms with Crippen molar-refractivity contribution in [2.24, 2.45) is 12.8 Å². The predicted octanol–water partition coefficient (Wildman–Crippen LogP) is 1.39. The van der Waals surface area contributed by atoms with Crippen LogP contribution < -0.4 is 5.73 Å². The minimum absolute atomic E-state index is 0.525. The summed E-state index contributed by atoms with van der Waals surface area (Å²) in [5, 5.41) is 11.9. The van der Waals surface area contributed by atoms with Gasteiger partial charge in [-0.1, -0.05) is 34.1 Å². The molecule has 0 amide bonds. The first-order chi connectivity index (χ1) is 7.99. The quantitative estimate of drug-likeness (QED) is 0.929. The summed E-state index contributed by atoms with van der Waals surface area (Å²) in [5.41, 5.74) is 6.84. The fraction of sp³-hybridized carbons (Fsp3) is 0.364. The van der Waals surface area contributed by atoms with Crippen molar-refractivity contribution in [3.05, 3.63) is 40.1 Å². The number of hydrogen-bond donors (Lipinski definition) is 1. The molecule has 0 fully saturated rings. The van der Waals surface area contributed by atoms with Gasteiger partial charge in [0.25, 0.3) is 0 Å². The molecule has 2 aromatic rings. The van der Waals surface area contributed by atoms with Gasteiger partial charge >= 0.3 is 0 Å². The third-order valence-corrected chi connectivity index (χ3v) is 3.26. The smallest absolute Gasteiger partial charge is 0.176 e. The SMILES string of the molecule is Cn1nnc(CC(C)(N)c2ccccc2Br)n1. The van der Waals surface area contributed by atoms with Crippen LogP contribution in [0.5, 0.6) is 0 Å². The van der Waals surface area contributed by atoms with E-state index in [1.165, 1.54) is 4.80 Å². The summed E-state index contributed by atoms with van der Waals surface area (Å²) >= 11 is 3.51. The van der Waals surface area contributed by atoms with Crippen LogP contribution in [-0.4, -0.2) is 20.2 Å². The van der Waals surface area contributed by atoms with Crippen molar-refractivity contribution >= 4 is 15.9 Å². The molecule has 1 unspecified atom stereocenters. The second-order valence-electron chi connectivity index (χ2n) is 4.27. The van der Waals surface area contributed by atoms with Gasteiger partial charge in [0.05, 0.1) is 7.05 Å². The van der Waals surface area contributed by atoms with Gasteiger partial charge in [-0.05, 0) is 23.8 Å². The fourth-order valence-electron chi connectivity index (χ4n) is 1.74. The maximum Gasteiger partial charge on any atom is 0.176 e. The molecule has 1 aromatic heterocycles. The Bertz CT molecular complexity index is 520. The summed E-state index contributed by atoms with van der Waals surface area (Å²) in [6.07, 6.45) is 0.545. The Hall–Kier alpha value is -1.27. The van der Waals surface area contributed by atoms with Crippen LogP contribution in [0.25, 0.3) is 0 Å². The molecule has 0 aliphatic rings. The normalized spacial score (nSPS) is 14.6. The molecular formula is C11H14BrN5. The van der Waals surface area contributed by atoms with E-state index in [2.05, 4.69) is 31.3 Å². The first-order valence-corrected chi connectivity index (χ1v) is 6.05. The molecule has 90 valence electrons. The van der Waals surface area contributed by atoms with E-state index in [4.69, 9.17) is 5.73 Å². The summed E-state index contributed by atoms with van der Waals surface area (Å²) in [6.45, 7) is 1.96. The maximum atomic E-state index is 6.33. The third-order valence-electron chi connectivity index (χ3n) is 2.56. The Balaban J connectivity index is 2.27. The molecule has 0 bridgehead atoms. The van der Waals surface area contributed by atoms with Crippen molar-refractivity contribution in [2.75, 3.05) is 0 Å². The lowest BCUT2D eigenvalue weighted by Crippen LogP contribution is -2.36. The van der Waals surface area contributed by atoms with Crippen LogP contribution in [0, 0.1) is 0 Å². The second-order valence-corrected chi connectivity index (χ2v) is 5.12. The highest BCUT2D eigenvalue weighted by Crippen LogP contribution is 2.28. The van der Waals surface area contributed by atoms with Crippen molar-refractivity contribution < 1.29 is 0 Å². The predicted molar refractivity (Wildman–Crippen MR) is 68.2 cm³/mol. The first-order valence-electron chi connectivity index (χ1n) is 5.26. The molecule has 0 spiro atoms. The highest BCUT2D eigenvalue weighted by Gasteiger charge is 2.25. The molecular weight excluding hydrogens is 282 g/mol. The van der Waals surface area contributed by atoms with E-state index in [1.807, 2.05) is 31.2 Å². The van der Waals surface area contributed by atoms with Crippen LogP contribution >= 0.6 is 15.9 Å². The summed E-state index contributed by atoms with van der Waals surface area (Å²) < 4.78 is 0.994. The van der Waals surface area contributed by atoms with Crippen LogP contribution in [0.4, 0.5) is 0 Å². The Morgan fingerprint density at radius 3 is 2.71 bits per heavy atom. The summed E-state index contributed by atoms with van der Waals surface area (Å²) in [7, 11) is 1.74. The number of tetrazole rings is 1. The highest BCUT2D eigenvalue weighted by molar-refractivity contribution is 9.10. The van der Waals surface area contributed by atoms with Crippen molar-refractivity contribution in [3.63, 3.8) is 0 Å². The van der Waals surface area contributed by atoms with Gasteiger partial charge < -0.3 is 5.73 Å². The van der Waals surface area contributed by atoms with Crippen molar-refractivity contribution in [1.82, 2.24) is 20.2 Å². The highest BCUT2D eigenvalue weighted by atomic mass is 79.9. The van der Waals surface area contributed by atoms with E-state index in [0.717, 1.165) is 10.0 Å². The molecule has 2 rings (SSSR count). The number of aromatic nitrogens is 4. The maximum absolute atomic E-state index is 6.33. The van der Waals surface area contributed by atoms with Gasteiger partial charge in [-0.15, -0.1) is 10.2 Å². The molecule has 0 saturated carbocycles. The molecule has 17 heavy (non-hydrogen) atoms. The molecule has 6 heteroatoms. The lowest BCUT2D eigenvalue weighted by Gasteiger charge is -2.24. The Kier molecular flexibility index (Phi) is 3.26. The van der Waals surface area contributed by atoms with Gasteiger partial charge in [0.1, 0.15) is 0 Å². The zero-order chi connectivity index (χ0) is 12.5. The Morgan fingerprint density at radius 2 is 2.12 bits per heavy atom. The Morgan fingerprint density at radius 1 is 1.41 bits per heavy atom. The number of hydrogen-bond acceptors (Lipinski definition) is 4. The molecule has 0 aliphatic heterocycles. The van der Waals surface area contributed by atoms with Crippen molar-refractivity contribution in [2.45, 2.75) is 18.9 Å². The lowest BCUT2D eigenvalue weighted by atomic mass is 9.89. The first kappa shape index (κ1) is 12.2. The summed E-state index contributed by atoms with van der Waals surface area (Å²) in [5.74, 6) is 0.647. The Labute approximate surface area is 108 Å². The lowest BCUT2D eigenvalue weighted by molar-refractivity contribution is 0.474.